The van der Waals surface area contributed by atoms with E-state index in [0.717, 1.165) is 12.1 Å². The van der Waals surface area contributed by atoms with E-state index in [1.807, 2.05) is 31.1 Å². The van der Waals surface area contributed by atoms with Gasteiger partial charge >= 0.3 is 0 Å². The molecule has 0 unspecified atom stereocenters. The Morgan fingerprint density at radius 1 is 1.69 bits per heavy atom. The maximum absolute atomic E-state index is 5.83. The van der Waals surface area contributed by atoms with Crippen molar-refractivity contribution >= 4 is 17.8 Å². The maximum atomic E-state index is 5.83. The summed E-state index contributed by atoms with van der Waals surface area (Å²) in [4.78, 5) is 3.94. The molecule has 0 bridgehead atoms. The molecule has 1 heterocycles. The smallest absolute Gasteiger partial charge is 0.137 e. The van der Waals surface area contributed by atoms with Crippen LogP contribution in [0.15, 0.2) is 23.4 Å². The van der Waals surface area contributed by atoms with Gasteiger partial charge in [0.2, 0.25) is 0 Å². The number of pyridine rings is 1. The normalized spacial score (nSPS) is 10.7. The minimum atomic E-state index is 0.482. The molecule has 0 saturated carbocycles. The van der Waals surface area contributed by atoms with Gasteiger partial charge in [0.05, 0.1) is 6.21 Å². The van der Waals surface area contributed by atoms with Crippen molar-refractivity contribution in [1.29, 1.82) is 0 Å². The van der Waals surface area contributed by atoms with Crippen LogP contribution in [0.2, 0.25) is 5.15 Å². The number of hydrogen-bond acceptors (Lipinski definition) is 3. The highest BCUT2D eigenvalue weighted by Gasteiger charge is 1.95. The number of halogens is 1. The van der Waals surface area contributed by atoms with Crippen LogP contribution in [-0.2, 0) is 0 Å². The molecule has 1 aromatic heterocycles. The van der Waals surface area contributed by atoms with E-state index in [1.54, 1.807) is 12.4 Å². The molecule has 0 aromatic carbocycles. The van der Waals surface area contributed by atoms with Crippen LogP contribution >= 0.6 is 11.6 Å². The standard InChI is InChI=1S/C9H12ClN3/c1-3-13(2)12-7-8-5-4-6-11-9(8)10/h4-7H,3H2,1-2H3/b12-7+. The molecule has 0 aliphatic heterocycles. The van der Waals surface area contributed by atoms with Gasteiger partial charge in [-0.2, -0.15) is 5.10 Å². The molecule has 0 aliphatic rings. The van der Waals surface area contributed by atoms with Gasteiger partial charge in [-0.05, 0) is 19.1 Å². The molecule has 0 N–H and O–H groups in total. The van der Waals surface area contributed by atoms with Crippen LogP contribution in [0.4, 0.5) is 0 Å². The Morgan fingerprint density at radius 2 is 2.46 bits per heavy atom. The quantitative estimate of drug-likeness (QED) is 0.422. The molecule has 1 aromatic rings. The third-order valence-electron chi connectivity index (χ3n) is 1.64. The summed E-state index contributed by atoms with van der Waals surface area (Å²) in [6.07, 6.45) is 3.36. The Hall–Kier alpha value is -1.09. The minimum absolute atomic E-state index is 0.482. The van der Waals surface area contributed by atoms with Crippen LogP contribution < -0.4 is 0 Å². The topological polar surface area (TPSA) is 28.5 Å². The largest absolute Gasteiger partial charge is 0.300 e. The second-order valence-electron chi connectivity index (χ2n) is 2.60. The summed E-state index contributed by atoms with van der Waals surface area (Å²) in [6.45, 7) is 2.90. The Labute approximate surface area is 83.0 Å². The first kappa shape index (κ1) is 9.99. The summed E-state index contributed by atoms with van der Waals surface area (Å²) in [5, 5.41) is 6.46. The van der Waals surface area contributed by atoms with Gasteiger partial charge in [-0.3, -0.25) is 0 Å². The highest BCUT2D eigenvalue weighted by molar-refractivity contribution is 6.31. The highest BCUT2D eigenvalue weighted by atomic mass is 35.5. The van der Waals surface area contributed by atoms with Crippen molar-refractivity contribution in [3.63, 3.8) is 0 Å². The SMILES string of the molecule is CCN(C)/N=C/c1cccnc1Cl. The molecule has 0 radical (unpaired) electrons. The van der Waals surface area contributed by atoms with E-state index in [0.29, 0.717) is 5.15 Å². The van der Waals surface area contributed by atoms with Gasteiger partial charge in [0.25, 0.3) is 0 Å². The summed E-state index contributed by atoms with van der Waals surface area (Å²) >= 11 is 5.83. The first-order valence-electron chi connectivity index (χ1n) is 4.09. The number of nitrogens with zero attached hydrogens (tertiary/aromatic N) is 3. The second-order valence-corrected chi connectivity index (χ2v) is 2.96. The Bertz CT molecular complexity index is 299. The Morgan fingerprint density at radius 3 is 3.08 bits per heavy atom. The van der Waals surface area contributed by atoms with Gasteiger partial charge in [0, 0.05) is 25.4 Å². The third-order valence-corrected chi connectivity index (χ3v) is 1.96. The zero-order valence-electron chi connectivity index (χ0n) is 7.74. The third kappa shape index (κ3) is 3.03. The van der Waals surface area contributed by atoms with Gasteiger partial charge in [-0.15, -0.1) is 0 Å². The average Bonchev–Trinajstić information content (AvgIpc) is 2.16. The van der Waals surface area contributed by atoms with Crippen molar-refractivity contribution in [2.75, 3.05) is 13.6 Å². The Kier molecular flexibility index (Phi) is 3.71. The molecule has 0 atom stereocenters. The minimum Gasteiger partial charge on any atom is -0.300 e. The first-order chi connectivity index (χ1) is 6.24. The molecule has 3 nitrogen and oxygen atoms in total. The van der Waals surface area contributed by atoms with E-state index in [9.17, 15) is 0 Å². The van der Waals surface area contributed by atoms with Crippen LogP contribution in [0.1, 0.15) is 12.5 Å². The van der Waals surface area contributed by atoms with E-state index < -0.39 is 0 Å². The van der Waals surface area contributed by atoms with Crippen molar-refractivity contribution in [3.05, 3.63) is 29.0 Å². The fourth-order valence-corrected chi connectivity index (χ4v) is 0.905. The van der Waals surface area contributed by atoms with Crippen molar-refractivity contribution in [1.82, 2.24) is 9.99 Å². The lowest BCUT2D eigenvalue weighted by Crippen LogP contribution is -2.09. The van der Waals surface area contributed by atoms with Crippen molar-refractivity contribution in [3.8, 4) is 0 Å². The highest BCUT2D eigenvalue weighted by Crippen LogP contribution is 2.08. The summed E-state index contributed by atoms with van der Waals surface area (Å²) in [5.74, 6) is 0. The van der Waals surface area contributed by atoms with Crippen LogP contribution in [0.3, 0.4) is 0 Å². The Balaban J connectivity index is 2.74. The van der Waals surface area contributed by atoms with Gasteiger partial charge in [-0.1, -0.05) is 11.6 Å². The lowest BCUT2D eigenvalue weighted by molar-refractivity contribution is 0.377. The number of rotatable bonds is 3. The summed E-state index contributed by atoms with van der Waals surface area (Å²) in [7, 11) is 1.90. The average molecular weight is 198 g/mol. The van der Waals surface area contributed by atoms with E-state index in [2.05, 4.69) is 10.1 Å². The molecule has 0 fully saturated rings. The van der Waals surface area contributed by atoms with Crippen LogP contribution in [-0.4, -0.2) is 29.8 Å². The van der Waals surface area contributed by atoms with Crippen LogP contribution in [0.25, 0.3) is 0 Å². The lowest BCUT2D eigenvalue weighted by Gasteiger charge is -2.07. The molecule has 0 aliphatic carbocycles. The second kappa shape index (κ2) is 4.82. The van der Waals surface area contributed by atoms with Gasteiger partial charge in [0.15, 0.2) is 0 Å². The molecule has 70 valence electrons. The van der Waals surface area contributed by atoms with Gasteiger partial charge < -0.3 is 5.01 Å². The summed E-state index contributed by atoms with van der Waals surface area (Å²) in [6, 6.07) is 3.71. The summed E-state index contributed by atoms with van der Waals surface area (Å²) < 4.78 is 0. The predicted octanol–water partition coefficient (Wildman–Crippen LogP) is 2.02. The van der Waals surface area contributed by atoms with E-state index in [4.69, 9.17) is 11.6 Å². The van der Waals surface area contributed by atoms with Gasteiger partial charge in [0.1, 0.15) is 5.15 Å². The molecule has 0 spiro atoms. The molecule has 1 rings (SSSR count). The molecule has 0 saturated heterocycles. The molecular formula is C9H12ClN3. The predicted molar refractivity (Wildman–Crippen MR) is 55.1 cm³/mol. The maximum Gasteiger partial charge on any atom is 0.137 e. The van der Waals surface area contributed by atoms with Crippen LogP contribution in [0.5, 0.6) is 0 Å². The zero-order valence-corrected chi connectivity index (χ0v) is 8.49. The number of hydrogen-bond donors (Lipinski definition) is 0. The van der Waals surface area contributed by atoms with Crippen molar-refractivity contribution in [2.45, 2.75) is 6.92 Å². The first-order valence-corrected chi connectivity index (χ1v) is 4.47. The lowest BCUT2D eigenvalue weighted by atomic mass is 10.3. The van der Waals surface area contributed by atoms with Gasteiger partial charge in [-0.25, -0.2) is 4.98 Å². The van der Waals surface area contributed by atoms with E-state index in [-0.39, 0.29) is 0 Å². The number of hydrazone groups is 1. The van der Waals surface area contributed by atoms with Crippen molar-refractivity contribution < 1.29 is 0 Å². The fraction of sp³-hybridized carbons (Fsp3) is 0.333. The fourth-order valence-electron chi connectivity index (χ4n) is 0.737. The molecule has 13 heavy (non-hydrogen) atoms. The van der Waals surface area contributed by atoms with E-state index in [1.165, 1.54) is 0 Å². The van der Waals surface area contributed by atoms with E-state index >= 15 is 0 Å². The monoisotopic (exact) mass is 197 g/mol. The van der Waals surface area contributed by atoms with Crippen LogP contribution in [0, 0.1) is 0 Å². The zero-order chi connectivity index (χ0) is 9.68. The number of aromatic nitrogens is 1. The molecule has 0 amide bonds. The molecule has 4 heteroatoms. The molecular weight excluding hydrogens is 186 g/mol. The van der Waals surface area contributed by atoms with Crippen molar-refractivity contribution in [2.24, 2.45) is 5.10 Å². The summed E-state index contributed by atoms with van der Waals surface area (Å²) in [5.41, 5.74) is 0.837.